The van der Waals surface area contributed by atoms with E-state index in [1.54, 1.807) is 13.0 Å². The van der Waals surface area contributed by atoms with E-state index < -0.39 is 34.3 Å². The third-order valence-corrected chi connectivity index (χ3v) is 6.09. The van der Waals surface area contributed by atoms with Gasteiger partial charge in [-0.25, -0.2) is 17.6 Å². The molecule has 0 aliphatic carbocycles. The van der Waals surface area contributed by atoms with Gasteiger partial charge in [-0.05, 0) is 43.3 Å². The first kappa shape index (κ1) is 19.6. The van der Waals surface area contributed by atoms with Gasteiger partial charge in [-0.1, -0.05) is 17.3 Å². The molecule has 9 nitrogen and oxygen atoms in total. The Morgan fingerprint density at radius 1 is 1.17 bits per heavy atom. The summed E-state index contributed by atoms with van der Waals surface area (Å²) in [5, 5.41) is 6.14. The Hall–Kier alpha value is -3.73. The van der Waals surface area contributed by atoms with Crippen LogP contribution in [-0.4, -0.2) is 32.1 Å². The number of para-hydroxylation sites is 1. The minimum Gasteiger partial charge on any atom is -0.360 e. The second kappa shape index (κ2) is 7.26. The maximum Gasteiger partial charge on any atom is 0.343 e. The van der Waals surface area contributed by atoms with Gasteiger partial charge in [-0.2, -0.15) is 4.31 Å². The number of aromatic nitrogens is 1. The summed E-state index contributed by atoms with van der Waals surface area (Å²) in [6.07, 6.45) is 0. The molecule has 0 radical (unpaired) electrons. The van der Waals surface area contributed by atoms with Gasteiger partial charge in [0.2, 0.25) is 5.91 Å². The maximum atomic E-state index is 13.3. The van der Waals surface area contributed by atoms with Crippen molar-refractivity contribution >= 4 is 39.2 Å². The van der Waals surface area contributed by atoms with E-state index in [9.17, 15) is 22.4 Å². The summed E-state index contributed by atoms with van der Waals surface area (Å²) in [6.45, 7) is 1.17. The molecule has 1 aromatic heterocycles. The van der Waals surface area contributed by atoms with E-state index in [2.05, 4.69) is 10.5 Å². The maximum absolute atomic E-state index is 13.3. The summed E-state index contributed by atoms with van der Waals surface area (Å²) in [5.74, 6) is -0.540. The number of halogens is 1. The fourth-order valence-electron chi connectivity index (χ4n) is 3.04. The number of hydrogen-bond acceptors (Lipinski definition) is 6. The van der Waals surface area contributed by atoms with Crippen molar-refractivity contribution in [3.63, 3.8) is 0 Å². The van der Waals surface area contributed by atoms with Crippen LogP contribution in [0.3, 0.4) is 0 Å². The molecule has 154 valence electrons. The number of hydrogen-bond donors (Lipinski definition) is 1. The fourth-order valence-corrected chi connectivity index (χ4v) is 4.64. The van der Waals surface area contributed by atoms with E-state index in [4.69, 9.17) is 4.52 Å². The van der Waals surface area contributed by atoms with Gasteiger partial charge in [0.15, 0.2) is 5.82 Å². The van der Waals surface area contributed by atoms with E-state index in [0.717, 1.165) is 17.0 Å². The molecule has 30 heavy (non-hydrogen) atoms. The molecule has 1 aliphatic heterocycles. The molecule has 0 saturated heterocycles. The molecule has 3 amide bonds. The lowest BCUT2D eigenvalue weighted by atomic mass is 10.2. The Labute approximate surface area is 170 Å². The van der Waals surface area contributed by atoms with Gasteiger partial charge in [0.25, 0.3) is 10.0 Å². The minimum atomic E-state index is -4.26. The number of fused-ring (bicyclic) bond motifs is 1. The number of urea groups is 1. The van der Waals surface area contributed by atoms with E-state index in [-0.39, 0.29) is 22.1 Å². The fraction of sp³-hybridized carbons (Fsp3) is 0.105. The summed E-state index contributed by atoms with van der Waals surface area (Å²) < 4.78 is 44.9. The molecule has 2 aromatic carbocycles. The molecule has 0 unspecified atom stereocenters. The van der Waals surface area contributed by atoms with Crippen LogP contribution in [0.5, 0.6) is 0 Å². The molecule has 1 N–H and O–H groups in total. The van der Waals surface area contributed by atoms with Crippen molar-refractivity contribution in [1.29, 1.82) is 0 Å². The Bertz CT molecular complexity index is 1240. The van der Waals surface area contributed by atoms with Gasteiger partial charge in [0, 0.05) is 6.07 Å². The molecular formula is C19H15FN4O5S. The predicted octanol–water partition coefficient (Wildman–Crippen LogP) is 2.90. The zero-order valence-electron chi connectivity index (χ0n) is 15.6. The first-order valence-corrected chi connectivity index (χ1v) is 10.2. The van der Waals surface area contributed by atoms with Crippen LogP contribution in [0.15, 0.2) is 64.0 Å². The van der Waals surface area contributed by atoms with Crippen molar-refractivity contribution in [2.75, 3.05) is 21.1 Å². The third-order valence-electron chi connectivity index (χ3n) is 4.34. The third kappa shape index (κ3) is 3.39. The number of aryl methyl sites for hydroxylation is 1. The number of amides is 3. The van der Waals surface area contributed by atoms with Gasteiger partial charge >= 0.3 is 6.03 Å². The predicted molar refractivity (Wildman–Crippen MR) is 105 cm³/mol. The average Bonchev–Trinajstić information content (AvgIpc) is 3.11. The lowest BCUT2D eigenvalue weighted by molar-refractivity contribution is -0.114. The van der Waals surface area contributed by atoms with Crippen LogP contribution < -0.4 is 14.5 Å². The van der Waals surface area contributed by atoms with E-state index >= 15 is 0 Å². The molecule has 1 aliphatic rings. The number of nitrogens with zero attached hydrogens (tertiary/aromatic N) is 3. The summed E-state index contributed by atoms with van der Waals surface area (Å²) >= 11 is 0. The second-order valence-electron chi connectivity index (χ2n) is 6.45. The second-order valence-corrected chi connectivity index (χ2v) is 8.21. The highest BCUT2D eigenvalue weighted by Crippen LogP contribution is 2.37. The highest BCUT2D eigenvalue weighted by atomic mass is 32.2. The highest BCUT2D eigenvalue weighted by molar-refractivity contribution is 7.94. The SMILES string of the molecule is Cc1cc(NC(=O)CN2C(=O)N(c3ccc(F)cc3)S(=O)(=O)c3ccccc32)no1. The van der Waals surface area contributed by atoms with Crippen LogP contribution in [0, 0.1) is 12.7 Å². The first-order valence-electron chi connectivity index (χ1n) is 8.72. The van der Waals surface area contributed by atoms with Crippen LogP contribution in [0.1, 0.15) is 5.76 Å². The Morgan fingerprint density at radius 2 is 1.87 bits per heavy atom. The Kier molecular flexibility index (Phi) is 4.74. The van der Waals surface area contributed by atoms with Crippen LogP contribution in [0.4, 0.5) is 26.4 Å². The minimum absolute atomic E-state index is 0.0477. The topological polar surface area (TPSA) is 113 Å². The van der Waals surface area contributed by atoms with Crippen LogP contribution in [0.2, 0.25) is 0 Å². The molecule has 11 heteroatoms. The standard InChI is InChI=1S/C19H15FN4O5S/c1-12-10-17(22-29-12)21-18(25)11-23-15-4-2-3-5-16(15)30(27,28)24(19(23)26)14-8-6-13(20)7-9-14/h2-10H,11H2,1H3,(H,21,22,25). The summed E-state index contributed by atoms with van der Waals surface area (Å²) in [5.41, 5.74) is 0.0146. The number of sulfonamides is 1. The van der Waals surface area contributed by atoms with E-state index in [1.165, 1.54) is 36.4 Å². The smallest absolute Gasteiger partial charge is 0.343 e. The van der Waals surface area contributed by atoms with Crippen LogP contribution in [-0.2, 0) is 14.8 Å². The van der Waals surface area contributed by atoms with Gasteiger partial charge in [-0.3, -0.25) is 9.69 Å². The van der Waals surface area contributed by atoms with Crippen LogP contribution in [0.25, 0.3) is 0 Å². The molecule has 0 atom stereocenters. The van der Waals surface area contributed by atoms with Crippen molar-refractivity contribution in [1.82, 2.24) is 5.16 Å². The quantitative estimate of drug-likeness (QED) is 0.681. The lowest BCUT2D eigenvalue weighted by Gasteiger charge is -2.35. The summed E-state index contributed by atoms with van der Waals surface area (Å²) in [6, 6.07) is 10.8. The van der Waals surface area contributed by atoms with Gasteiger partial charge in [0.1, 0.15) is 23.0 Å². The largest absolute Gasteiger partial charge is 0.360 e. The molecule has 4 rings (SSSR count). The monoisotopic (exact) mass is 430 g/mol. The van der Waals surface area contributed by atoms with Crippen molar-refractivity contribution in [3.8, 4) is 0 Å². The Morgan fingerprint density at radius 3 is 2.53 bits per heavy atom. The summed E-state index contributed by atoms with van der Waals surface area (Å²) in [7, 11) is -4.26. The normalized spacial score (nSPS) is 15.1. The number of anilines is 3. The van der Waals surface area contributed by atoms with Gasteiger partial charge in [-0.15, -0.1) is 0 Å². The number of rotatable bonds is 4. The lowest BCUT2D eigenvalue weighted by Crippen LogP contribution is -2.53. The zero-order chi connectivity index (χ0) is 21.5. The number of carbonyl (C=O) groups excluding carboxylic acids is 2. The zero-order valence-corrected chi connectivity index (χ0v) is 16.4. The van der Waals surface area contributed by atoms with E-state index in [0.29, 0.717) is 10.1 Å². The van der Waals surface area contributed by atoms with Crippen molar-refractivity contribution in [3.05, 3.63) is 66.2 Å². The van der Waals surface area contributed by atoms with Crippen molar-refractivity contribution < 1.29 is 26.9 Å². The van der Waals surface area contributed by atoms with Gasteiger partial charge < -0.3 is 9.84 Å². The summed E-state index contributed by atoms with van der Waals surface area (Å²) in [4.78, 5) is 26.5. The van der Waals surface area contributed by atoms with Gasteiger partial charge in [0.05, 0.1) is 11.4 Å². The number of carbonyl (C=O) groups is 2. The number of nitrogens with one attached hydrogen (secondary N) is 1. The molecule has 0 fully saturated rings. The first-order chi connectivity index (χ1) is 14.3. The van der Waals surface area contributed by atoms with Crippen molar-refractivity contribution in [2.45, 2.75) is 11.8 Å². The average molecular weight is 430 g/mol. The number of benzene rings is 2. The van der Waals surface area contributed by atoms with E-state index in [1.807, 2.05) is 0 Å². The molecular weight excluding hydrogens is 415 g/mol. The van der Waals surface area contributed by atoms with Crippen LogP contribution >= 0.6 is 0 Å². The molecule has 3 aromatic rings. The highest BCUT2D eigenvalue weighted by Gasteiger charge is 2.43. The molecule has 0 saturated carbocycles. The van der Waals surface area contributed by atoms with Crippen molar-refractivity contribution in [2.24, 2.45) is 0 Å². The molecule has 0 spiro atoms. The Balaban J connectivity index is 1.73. The molecule has 2 heterocycles. The molecule has 0 bridgehead atoms.